The lowest BCUT2D eigenvalue weighted by molar-refractivity contribution is -0.198. The number of aliphatic hydroxyl groups is 1. The van der Waals surface area contributed by atoms with E-state index in [9.17, 15) is 41.0 Å². The molecule has 41 heavy (non-hydrogen) atoms. The van der Waals surface area contributed by atoms with Crippen LogP contribution < -0.4 is 10.6 Å². The van der Waals surface area contributed by atoms with Crippen LogP contribution in [-0.4, -0.2) is 67.7 Å². The third kappa shape index (κ3) is 5.62. The van der Waals surface area contributed by atoms with Crippen molar-refractivity contribution in [1.29, 1.82) is 0 Å². The SMILES string of the molecule is CC(C)(O)CNC(=O)c1nc(C(=O)N2[C@H]3CC[C@H]2CC3)c(-c2cnc(NC3(C(F)(F)F)CCC3)cc2C(F)(F)F)s1. The van der Waals surface area contributed by atoms with Gasteiger partial charge in [-0.2, -0.15) is 26.3 Å². The van der Waals surface area contributed by atoms with Crippen LogP contribution in [0.15, 0.2) is 12.3 Å². The number of nitrogens with one attached hydrogen (secondary N) is 2. The Hall–Kier alpha value is -2.94. The van der Waals surface area contributed by atoms with E-state index >= 15 is 0 Å². The zero-order valence-corrected chi connectivity index (χ0v) is 23.1. The first kappa shape index (κ1) is 29.5. The fourth-order valence-corrected chi connectivity index (χ4v) is 6.68. The molecule has 0 atom stereocenters. The highest BCUT2D eigenvalue weighted by Crippen LogP contribution is 2.48. The summed E-state index contributed by atoms with van der Waals surface area (Å²) in [5.74, 6) is -2.00. The first-order chi connectivity index (χ1) is 19.0. The lowest BCUT2D eigenvalue weighted by Crippen LogP contribution is -2.57. The second-order valence-electron chi connectivity index (χ2n) is 11.5. The van der Waals surface area contributed by atoms with Crippen molar-refractivity contribution < 1.29 is 41.0 Å². The van der Waals surface area contributed by atoms with Crippen LogP contribution in [0.3, 0.4) is 0 Å². The number of rotatable bonds is 7. The second kappa shape index (κ2) is 10.1. The summed E-state index contributed by atoms with van der Waals surface area (Å²) < 4.78 is 84.1. The first-order valence-electron chi connectivity index (χ1n) is 13.3. The monoisotopic (exact) mass is 605 g/mol. The van der Waals surface area contributed by atoms with Crippen LogP contribution in [0.1, 0.15) is 84.6 Å². The van der Waals surface area contributed by atoms with Crippen molar-refractivity contribution in [3.05, 3.63) is 28.5 Å². The molecular weight excluding hydrogens is 576 g/mol. The van der Waals surface area contributed by atoms with Crippen molar-refractivity contribution in [3.8, 4) is 10.4 Å². The first-order valence-corrected chi connectivity index (χ1v) is 14.1. The molecule has 0 radical (unpaired) electrons. The number of aromatic nitrogens is 2. The van der Waals surface area contributed by atoms with Crippen LogP contribution in [0, 0.1) is 0 Å². The summed E-state index contributed by atoms with van der Waals surface area (Å²) in [7, 11) is 0. The van der Waals surface area contributed by atoms with Crippen molar-refractivity contribution in [2.45, 2.75) is 94.4 Å². The molecule has 3 fully saturated rings. The van der Waals surface area contributed by atoms with Crippen molar-refractivity contribution in [2.24, 2.45) is 0 Å². The fraction of sp³-hybridized carbons (Fsp3) is 0.615. The van der Waals surface area contributed by atoms with Crippen LogP contribution in [0.4, 0.5) is 32.2 Å². The molecule has 1 aliphatic carbocycles. The summed E-state index contributed by atoms with van der Waals surface area (Å²) in [6.07, 6.45) is -6.25. The minimum atomic E-state index is -5.03. The third-order valence-electron chi connectivity index (χ3n) is 7.96. The average Bonchev–Trinajstić information content (AvgIpc) is 3.57. The molecule has 2 aromatic rings. The Morgan fingerprint density at radius 2 is 1.71 bits per heavy atom. The number of amides is 2. The van der Waals surface area contributed by atoms with Gasteiger partial charge in [-0.05, 0) is 64.9 Å². The molecule has 15 heteroatoms. The Morgan fingerprint density at radius 3 is 2.20 bits per heavy atom. The Kier molecular flexibility index (Phi) is 7.28. The zero-order valence-electron chi connectivity index (χ0n) is 22.2. The largest absolute Gasteiger partial charge is 0.417 e. The molecule has 1 saturated carbocycles. The van der Waals surface area contributed by atoms with Crippen molar-refractivity contribution >= 4 is 29.0 Å². The molecule has 224 valence electrons. The molecule has 2 bridgehead atoms. The number of hydrogen-bond acceptors (Lipinski definition) is 7. The molecule has 4 heterocycles. The molecule has 2 aromatic heterocycles. The van der Waals surface area contributed by atoms with E-state index in [1.807, 2.05) is 0 Å². The van der Waals surface area contributed by atoms with Crippen LogP contribution in [0.5, 0.6) is 0 Å². The number of pyridine rings is 1. The number of fused-ring (bicyclic) bond motifs is 2. The highest BCUT2D eigenvalue weighted by Gasteiger charge is 2.58. The average molecular weight is 606 g/mol. The molecule has 0 spiro atoms. The number of carbonyl (C=O) groups excluding carboxylic acids is 2. The zero-order chi connectivity index (χ0) is 30.0. The molecule has 3 N–H and O–H groups in total. The number of thiazole rings is 1. The van der Waals surface area contributed by atoms with E-state index in [2.05, 4.69) is 20.6 Å². The van der Waals surface area contributed by atoms with Gasteiger partial charge in [0.1, 0.15) is 17.1 Å². The van der Waals surface area contributed by atoms with Gasteiger partial charge >= 0.3 is 12.4 Å². The highest BCUT2D eigenvalue weighted by atomic mass is 32.1. The predicted molar refractivity (Wildman–Crippen MR) is 137 cm³/mol. The van der Waals surface area contributed by atoms with Gasteiger partial charge < -0.3 is 20.6 Å². The van der Waals surface area contributed by atoms with Crippen molar-refractivity contribution in [1.82, 2.24) is 20.2 Å². The lowest BCUT2D eigenvalue weighted by Gasteiger charge is -2.44. The number of anilines is 1. The maximum Gasteiger partial charge on any atom is 0.417 e. The molecule has 0 unspecified atom stereocenters. The predicted octanol–water partition coefficient (Wildman–Crippen LogP) is 5.39. The lowest BCUT2D eigenvalue weighted by atomic mass is 9.76. The third-order valence-corrected chi connectivity index (χ3v) is 9.05. The maximum atomic E-state index is 14.4. The molecule has 2 aliphatic heterocycles. The van der Waals surface area contributed by atoms with E-state index in [0.717, 1.165) is 31.9 Å². The normalized spacial score (nSPS) is 22.0. The number of hydrogen-bond donors (Lipinski definition) is 3. The Labute approximate surface area is 235 Å². The van der Waals surface area contributed by atoms with Crippen LogP contribution in [0.25, 0.3) is 10.4 Å². The van der Waals surface area contributed by atoms with Gasteiger partial charge in [0.05, 0.1) is 16.0 Å². The molecule has 0 aromatic carbocycles. The van der Waals surface area contributed by atoms with Crippen LogP contribution >= 0.6 is 11.3 Å². The Balaban J connectivity index is 1.57. The van der Waals surface area contributed by atoms with E-state index in [4.69, 9.17) is 0 Å². The van der Waals surface area contributed by atoms with E-state index in [0.29, 0.717) is 17.4 Å². The molecule has 3 aliphatic rings. The van der Waals surface area contributed by atoms with Crippen molar-refractivity contribution in [2.75, 3.05) is 11.9 Å². The standard InChI is InChI=1S/C26H29F6N5O3S/c1-23(2,40)12-34-20(38)21-35-18(22(39)37-13-4-5-14(37)7-6-13)19(41-21)15-11-33-17(10-16(15)25(27,28)29)36-24(8-3-9-24)26(30,31)32/h10-11,13-14,40H,3-9,12H2,1-2H3,(H,33,36)(H,34,38)/t13-,14-. The summed E-state index contributed by atoms with van der Waals surface area (Å²) in [6.45, 7) is 2.71. The van der Waals surface area contributed by atoms with E-state index in [1.54, 1.807) is 4.90 Å². The van der Waals surface area contributed by atoms with Gasteiger partial charge in [-0.1, -0.05) is 0 Å². The van der Waals surface area contributed by atoms with E-state index in [-0.39, 0.29) is 53.5 Å². The Bertz CT molecular complexity index is 1330. The maximum absolute atomic E-state index is 14.4. The van der Waals surface area contributed by atoms with Crippen LogP contribution in [0.2, 0.25) is 0 Å². The quantitative estimate of drug-likeness (QED) is 0.366. The smallest absolute Gasteiger partial charge is 0.389 e. The van der Waals surface area contributed by atoms with Gasteiger partial charge in [0, 0.05) is 30.4 Å². The minimum Gasteiger partial charge on any atom is -0.389 e. The number of halogens is 6. The number of nitrogens with zero attached hydrogens (tertiary/aromatic N) is 3. The van der Waals surface area contributed by atoms with Gasteiger partial charge in [-0.3, -0.25) is 9.59 Å². The van der Waals surface area contributed by atoms with Gasteiger partial charge in [0.2, 0.25) is 0 Å². The molecule has 5 rings (SSSR count). The van der Waals surface area contributed by atoms with Gasteiger partial charge in [-0.25, -0.2) is 9.97 Å². The van der Waals surface area contributed by atoms with Gasteiger partial charge in [0.25, 0.3) is 11.8 Å². The van der Waals surface area contributed by atoms with Crippen molar-refractivity contribution in [3.63, 3.8) is 0 Å². The Morgan fingerprint density at radius 1 is 1.10 bits per heavy atom. The van der Waals surface area contributed by atoms with Crippen LogP contribution in [-0.2, 0) is 6.18 Å². The highest BCUT2D eigenvalue weighted by molar-refractivity contribution is 7.17. The molecule has 2 saturated heterocycles. The summed E-state index contributed by atoms with van der Waals surface area (Å²) in [5, 5.41) is 14.3. The topological polar surface area (TPSA) is 107 Å². The second-order valence-corrected chi connectivity index (χ2v) is 12.5. The van der Waals surface area contributed by atoms with Gasteiger partial charge in [-0.15, -0.1) is 11.3 Å². The summed E-state index contributed by atoms with van der Waals surface area (Å²) in [6, 6.07) is 0.340. The molecule has 8 nitrogen and oxygen atoms in total. The number of alkyl halides is 6. The summed E-state index contributed by atoms with van der Waals surface area (Å²) in [5.41, 5.74) is -5.87. The van der Waals surface area contributed by atoms with E-state index in [1.165, 1.54) is 13.8 Å². The van der Waals surface area contributed by atoms with E-state index < -0.39 is 52.3 Å². The number of carbonyl (C=O) groups is 2. The molecular formula is C26H29F6N5O3S. The fourth-order valence-electron chi connectivity index (χ4n) is 5.68. The van der Waals surface area contributed by atoms with Gasteiger partial charge in [0.15, 0.2) is 5.01 Å². The minimum absolute atomic E-state index is 0.0812. The summed E-state index contributed by atoms with van der Waals surface area (Å²) in [4.78, 5) is 35.9. The summed E-state index contributed by atoms with van der Waals surface area (Å²) >= 11 is 0.558. The molecule has 2 amide bonds.